The summed E-state index contributed by atoms with van der Waals surface area (Å²) in [6.45, 7) is 10.9. The molecular weight excluding hydrogens is 587 g/mol. The lowest BCUT2D eigenvalue weighted by Gasteiger charge is -2.28. The second-order valence-corrected chi connectivity index (χ2v) is 13.3. The monoisotopic (exact) mass is 630 g/mol. The third-order valence-electron chi connectivity index (χ3n) is 10.2. The molecule has 7 rings (SSSR count). The number of hydrogen-bond acceptors (Lipinski definition) is 0. The third kappa shape index (κ3) is 6.54. The minimum Gasteiger partial charge on any atom is -0.0991 e. The minimum absolute atomic E-state index is 0.120. The van der Waals surface area contributed by atoms with Gasteiger partial charge in [-0.2, -0.15) is 0 Å². The van der Waals surface area contributed by atoms with Crippen molar-refractivity contribution in [3.05, 3.63) is 203 Å². The van der Waals surface area contributed by atoms with Crippen molar-refractivity contribution in [1.29, 1.82) is 0 Å². The molecule has 49 heavy (non-hydrogen) atoms. The molecule has 0 radical (unpaired) electrons. The van der Waals surface area contributed by atoms with Gasteiger partial charge in [-0.05, 0) is 93.3 Å². The molecule has 0 saturated heterocycles. The van der Waals surface area contributed by atoms with Gasteiger partial charge in [-0.25, -0.2) is 0 Å². The number of hydrogen-bond donors (Lipinski definition) is 0. The fraction of sp³-hybridized carbons (Fsp3) is 0.125. The van der Waals surface area contributed by atoms with Gasteiger partial charge in [-0.1, -0.05) is 193 Å². The highest BCUT2D eigenvalue weighted by molar-refractivity contribution is 7.00. The van der Waals surface area contributed by atoms with Gasteiger partial charge in [-0.3, -0.25) is 0 Å². The van der Waals surface area contributed by atoms with E-state index in [9.17, 15) is 0 Å². The van der Waals surface area contributed by atoms with E-state index in [4.69, 9.17) is 0 Å². The fourth-order valence-electron chi connectivity index (χ4n) is 7.75. The maximum atomic E-state index is 3.93. The lowest BCUT2D eigenvalue weighted by atomic mass is 9.32. The highest BCUT2D eigenvalue weighted by atomic mass is 14.2. The van der Waals surface area contributed by atoms with Crippen LogP contribution in [0.1, 0.15) is 43.4 Å². The number of aryl methyl sites for hydroxylation is 1. The van der Waals surface area contributed by atoms with E-state index in [0.29, 0.717) is 5.92 Å². The molecule has 0 heterocycles. The molecule has 1 heteroatoms. The molecular formula is C48H43B. The molecule has 0 amide bonds. The topological polar surface area (TPSA) is 0 Å². The van der Waals surface area contributed by atoms with Crippen LogP contribution < -0.4 is 21.4 Å². The quantitative estimate of drug-likeness (QED) is 0.118. The number of allylic oxidation sites excluding steroid dienone is 11. The second-order valence-electron chi connectivity index (χ2n) is 13.3. The summed E-state index contributed by atoms with van der Waals surface area (Å²) < 4.78 is 0. The van der Waals surface area contributed by atoms with Crippen LogP contribution in [0.3, 0.4) is 0 Å². The lowest BCUT2D eigenvalue weighted by Crippen LogP contribution is -2.51. The summed E-state index contributed by atoms with van der Waals surface area (Å²) in [6, 6.07) is 42.6. The van der Waals surface area contributed by atoms with Gasteiger partial charge in [-0.15, -0.1) is 0 Å². The van der Waals surface area contributed by atoms with Gasteiger partial charge in [0.1, 0.15) is 0 Å². The van der Waals surface area contributed by atoms with Crippen molar-refractivity contribution >= 4 is 51.1 Å². The largest absolute Gasteiger partial charge is 0.239 e. The predicted octanol–water partition coefficient (Wildman–Crippen LogP) is 9.45. The first-order valence-corrected chi connectivity index (χ1v) is 17.6. The van der Waals surface area contributed by atoms with Crippen LogP contribution in [0.4, 0.5) is 0 Å². The highest BCUT2D eigenvalue weighted by Gasteiger charge is 2.32. The first-order valence-electron chi connectivity index (χ1n) is 17.6. The van der Waals surface area contributed by atoms with Crippen LogP contribution in [0.25, 0.3) is 33.5 Å². The highest BCUT2D eigenvalue weighted by Crippen LogP contribution is 2.32. The Balaban J connectivity index is 1.44. The van der Waals surface area contributed by atoms with Gasteiger partial charge < -0.3 is 0 Å². The van der Waals surface area contributed by atoms with Gasteiger partial charge >= 0.3 is 0 Å². The van der Waals surface area contributed by atoms with Crippen LogP contribution >= 0.6 is 0 Å². The molecule has 0 fully saturated rings. The van der Waals surface area contributed by atoms with Gasteiger partial charge in [0.15, 0.2) is 0 Å². The SMILES string of the molecule is C=C/C=C\C(=C/C)C1=CC(c2ccccc2)=CCC(c2cccc(B(C3=c4ccccc4=CCC3C)c3c(C)ccc4ccccc34)c2)=C1. The first-order chi connectivity index (χ1) is 24.1. The van der Waals surface area contributed by atoms with Crippen LogP contribution in [0.15, 0.2) is 176 Å². The molecule has 238 valence electrons. The van der Waals surface area contributed by atoms with Crippen molar-refractivity contribution in [3.8, 4) is 0 Å². The Morgan fingerprint density at radius 2 is 1.57 bits per heavy atom. The van der Waals surface area contributed by atoms with Gasteiger partial charge in [0.05, 0.1) is 0 Å². The van der Waals surface area contributed by atoms with E-state index in [1.165, 1.54) is 76.6 Å². The van der Waals surface area contributed by atoms with Crippen molar-refractivity contribution in [2.75, 3.05) is 0 Å². The minimum atomic E-state index is 0.120. The molecule has 5 aromatic rings. The molecule has 2 aliphatic carbocycles. The van der Waals surface area contributed by atoms with Crippen molar-refractivity contribution in [2.45, 2.75) is 33.6 Å². The zero-order valence-electron chi connectivity index (χ0n) is 28.9. The van der Waals surface area contributed by atoms with Crippen LogP contribution in [-0.2, 0) is 0 Å². The normalized spacial score (nSPS) is 16.3. The molecule has 0 bridgehead atoms. The Kier molecular flexibility index (Phi) is 9.44. The van der Waals surface area contributed by atoms with Crippen molar-refractivity contribution in [3.63, 3.8) is 0 Å². The molecule has 5 aromatic carbocycles. The molecule has 0 saturated carbocycles. The van der Waals surface area contributed by atoms with Crippen molar-refractivity contribution in [2.24, 2.45) is 5.92 Å². The van der Waals surface area contributed by atoms with Crippen LogP contribution in [0.5, 0.6) is 0 Å². The Bertz CT molecular complexity index is 2320. The summed E-state index contributed by atoms with van der Waals surface area (Å²) >= 11 is 0. The standard InChI is InChI=1S/C48H43B/c1-5-7-16-36(6-2)43-31-41(37-17-9-8-10-18-37)29-30-42(32-43)40-21-15-22-44(33-40)49(47-34(3)25-27-38-19-11-13-23-45(38)47)48-35(4)26-28-39-20-12-14-24-46(39)48/h5-25,27-29,31-33,35H,1,26,30H2,2-4H3/b16-7-,36-6+. The van der Waals surface area contributed by atoms with Crippen LogP contribution in [0.2, 0.25) is 0 Å². The summed E-state index contributed by atoms with van der Waals surface area (Å²) in [5.74, 6) is 0.416. The fourth-order valence-corrected chi connectivity index (χ4v) is 7.75. The van der Waals surface area contributed by atoms with Gasteiger partial charge in [0.25, 0.3) is 0 Å². The Morgan fingerprint density at radius 3 is 2.41 bits per heavy atom. The maximum Gasteiger partial charge on any atom is 0.239 e. The van der Waals surface area contributed by atoms with Gasteiger partial charge in [0.2, 0.25) is 6.71 Å². The number of benzene rings is 5. The maximum absolute atomic E-state index is 3.93. The van der Waals surface area contributed by atoms with Crippen molar-refractivity contribution in [1.82, 2.24) is 0 Å². The molecule has 0 nitrogen and oxygen atoms in total. The average molecular weight is 631 g/mol. The van der Waals surface area contributed by atoms with E-state index < -0.39 is 0 Å². The summed E-state index contributed by atoms with van der Waals surface area (Å²) in [5, 5.41) is 5.36. The van der Waals surface area contributed by atoms with E-state index >= 15 is 0 Å². The molecule has 0 N–H and O–H groups in total. The Hall–Kier alpha value is -5.40. The molecule has 2 aliphatic rings. The van der Waals surface area contributed by atoms with Crippen LogP contribution in [-0.4, -0.2) is 6.71 Å². The zero-order valence-corrected chi connectivity index (χ0v) is 28.9. The third-order valence-corrected chi connectivity index (χ3v) is 10.2. The molecule has 1 atom stereocenters. The van der Waals surface area contributed by atoms with Crippen molar-refractivity contribution < 1.29 is 0 Å². The van der Waals surface area contributed by atoms with E-state index in [-0.39, 0.29) is 6.71 Å². The second kappa shape index (κ2) is 14.4. The van der Waals surface area contributed by atoms with Gasteiger partial charge in [0, 0.05) is 0 Å². The number of rotatable bonds is 8. The van der Waals surface area contributed by atoms with E-state index in [1.807, 2.05) is 12.2 Å². The smallest absolute Gasteiger partial charge is 0.0991 e. The van der Waals surface area contributed by atoms with E-state index in [2.05, 4.69) is 179 Å². The van der Waals surface area contributed by atoms with E-state index in [1.54, 1.807) is 0 Å². The van der Waals surface area contributed by atoms with E-state index in [0.717, 1.165) is 12.8 Å². The first kappa shape index (κ1) is 32.2. The molecule has 0 aromatic heterocycles. The number of fused-ring (bicyclic) bond motifs is 2. The zero-order chi connectivity index (χ0) is 33.7. The predicted molar refractivity (Wildman–Crippen MR) is 216 cm³/mol. The summed E-state index contributed by atoms with van der Waals surface area (Å²) in [5.41, 5.74) is 13.1. The lowest BCUT2D eigenvalue weighted by molar-refractivity contribution is 0.788. The Morgan fingerprint density at radius 1 is 0.796 bits per heavy atom. The average Bonchev–Trinajstić information content (AvgIpc) is 3.38. The molecule has 1 unspecified atom stereocenters. The summed E-state index contributed by atoms with van der Waals surface area (Å²) in [6.07, 6.45) is 19.7. The Labute approximate surface area is 292 Å². The molecule has 0 aliphatic heterocycles. The molecule has 0 spiro atoms. The summed E-state index contributed by atoms with van der Waals surface area (Å²) in [4.78, 5) is 0. The van der Waals surface area contributed by atoms with Crippen LogP contribution in [0, 0.1) is 12.8 Å². The summed E-state index contributed by atoms with van der Waals surface area (Å²) in [7, 11) is 0.